The third kappa shape index (κ3) is 6.28. The van der Waals surface area contributed by atoms with Crippen LogP contribution in [0.2, 0.25) is 10.0 Å². The summed E-state index contributed by atoms with van der Waals surface area (Å²) in [4.78, 5) is 27.8. The van der Waals surface area contributed by atoms with E-state index >= 15 is 0 Å². The summed E-state index contributed by atoms with van der Waals surface area (Å²) in [5.74, 6) is 0.203. The predicted molar refractivity (Wildman–Crippen MR) is 209 cm³/mol. The van der Waals surface area contributed by atoms with Gasteiger partial charge in [0, 0.05) is 34.1 Å². The van der Waals surface area contributed by atoms with E-state index in [1.165, 1.54) is 11.3 Å². The van der Waals surface area contributed by atoms with Crippen LogP contribution < -0.4 is 15.5 Å². The van der Waals surface area contributed by atoms with Crippen molar-refractivity contribution in [3.05, 3.63) is 88.4 Å². The van der Waals surface area contributed by atoms with Gasteiger partial charge in [-0.15, -0.1) is 11.3 Å². The van der Waals surface area contributed by atoms with Crippen molar-refractivity contribution in [1.82, 2.24) is 14.9 Å². The average Bonchev–Trinajstić information content (AvgIpc) is 3.76. The van der Waals surface area contributed by atoms with E-state index in [1.807, 2.05) is 60.7 Å². The van der Waals surface area contributed by atoms with Crippen LogP contribution >= 0.6 is 45.9 Å². The standard InChI is InChI=1S/C38H36Cl2N6O2S2/c1-37(2,3)20-45-16-14-38(15-17-45)21-46(33-29(47)12-10-24(32(33)38)34-41-27-18-22(39)9-13-30(27)49-34)28-7-5-4-6-25(28)42-35(48)44-36-43-26-11-8-23(40)19-31(26)50-36/h4-13,18-19,47H,14-17,20-21H2,1-3H3,(H2,42,43,44,48). The van der Waals surface area contributed by atoms with Crippen LogP contribution in [0.1, 0.15) is 39.2 Å². The van der Waals surface area contributed by atoms with Crippen LogP contribution in [0.15, 0.2) is 72.8 Å². The summed E-state index contributed by atoms with van der Waals surface area (Å²) in [6.07, 6.45) is 1.86. The van der Waals surface area contributed by atoms with E-state index in [9.17, 15) is 9.90 Å². The number of nitrogens with zero attached hydrogens (tertiary/aromatic N) is 4. The second kappa shape index (κ2) is 12.7. The topological polar surface area (TPSA) is 93.6 Å². The third-order valence-corrected chi connectivity index (χ3v) is 12.0. The molecule has 1 saturated heterocycles. The molecule has 1 fully saturated rings. The van der Waals surface area contributed by atoms with Crippen LogP contribution in [0.5, 0.6) is 5.75 Å². The Balaban J connectivity index is 1.18. The molecule has 2 aromatic heterocycles. The molecule has 0 radical (unpaired) electrons. The van der Waals surface area contributed by atoms with Crippen molar-refractivity contribution < 1.29 is 9.90 Å². The van der Waals surface area contributed by atoms with Crippen molar-refractivity contribution in [2.24, 2.45) is 5.41 Å². The molecular weight excluding hydrogens is 707 g/mol. The van der Waals surface area contributed by atoms with Gasteiger partial charge in [-0.05, 0) is 97.6 Å². The van der Waals surface area contributed by atoms with Gasteiger partial charge in [0.15, 0.2) is 5.13 Å². The molecule has 2 aliphatic heterocycles. The molecule has 8 nitrogen and oxygen atoms in total. The Morgan fingerprint density at radius 1 is 0.900 bits per heavy atom. The highest BCUT2D eigenvalue weighted by Crippen LogP contribution is 2.57. The van der Waals surface area contributed by atoms with Crippen LogP contribution in [-0.4, -0.2) is 52.2 Å². The van der Waals surface area contributed by atoms with E-state index in [-0.39, 0.29) is 16.6 Å². The number of piperidine rings is 1. The number of amides is 2. The van der Waals surface area contributed by atoms with E-state index in [0.29, 0.717) is 27.4 Å². The number of thiazole rings is 2. The van der Waals surface area contributed by atoms with Gasteiger partial charge in [-0.2, -0.15) is 0 Å². The zero-order valence-electron chi connectivity index (χ0n) is 27.9. The zero-order valence-corrected chi connectivity index (χ0v) is 31.0. The number of phenols is 1. The highest BCUT2D eigenvalue weighted by Gasteiger charge is 2.49. The lowest BCUT2D eigenvalue weighted by Crippen LogP contribution is -2.47. The average molecular weight is 744 g/mol. The first kappa shape index (κ1) is 33.2. The van der Waals surface area contributed by atoms with Gasteiger partial charge in [0.05, 0.1) is 37.5 Å². The molecule has 6 aromatic rings. The minimum Gasteiger partial charge on any atom is -0.506 e. The number of nitrogens with one attached hydrogen (secondary N) is 2. The number of fused-ring (bicyclic) bond motifs is 4. The van der Waals surface area contributed by atoms with Crippen LogP contribution in [0.4, 0.5) is 27.0 Å². The SMILES string of the molecule is CC(C)(C)CN1CCC2(CC1)CN(c1ccccc1NC(=O)Nc1nc3ccc(Cl)cc3s1)c1c(O)ccc(-c3nc4cc(Cl)ccc4s3)c12. The summed E-state index contributed by atoms with van der Waals surface area (Å²) in [7, 11) is 0. The van der Waals surface area contributed by atoms with Crippen molar-refractivity contribution in [2.45, 2.75) is 39.0 Å². The lowest BCUT2D eigenvalue weighted by molar-refractivity contribution is 0.125. The number of aromatic nitrogens is 2. The fraction of sp³-hybridized carbons (Fsp3) is 0.289. The molecule has 3 N–H and O–H groups in total. The minimum absolute atomic E-state index is 0.194. The molecule has 256 valence electrons. The van der Waals surface area contributed by atoms with Crippen LogP contribution in [-0.2, 0) is 5.41 Å². The van der Waals surface area contributed by atoms with Crippen LogP contribution in [0.25, 0.3) is 31.0 Å². The molecule has 8 rings (SSSR count). The number of aromatic hydroxyl groups is 1. The summed E-state index contributed by atoms with van der Waals surface area (Å²) in [5.41, 5.74) is 5.92. The Morgan fingerprint density at radius 3 is 2.46 bits per heavy atom. The number of rotatable bonds is 5. The van der Waals surface area contributed by atoms with Crippen molar-refractivity contribution >= 4 is 94.5 Å². The number of halogens is 2. The fourth-order valence-electron chi connectivity index (χ4n) is 7.49. The van der Waals surface area contributed by atoms with Gasteiger partial charge in [0.2, 0.25) is 0 Å². The quantitative estimate of drug-likeness (QED) is 0.163. The van der Waals surface area contributed by atoms with Gasteiger partial charge in [-0.3, -0.25) is 5.32 Å². The van der Waals surface area contributed by atoms with Crippen molar-refractivity contribution in [3.8, 4) is 16.3 Å². The summed E-state index contributed by atoms with van der Waals surface area (Å²) < 4.78 is 1.95. The number of anilines is 4. The van der Waals surface area contributed by atoms with Gasteiger partial charge in [-0.1, -0.05) is 67.4 Å². The lowest BCUT2D eigenvalue weighted by atomic mass is 9.72. The Labute approximate surface area is 308 Å². The number of benzene rings is 4. The second-order valence-electron chi connectivity index (χ2n) is 14.4. The predicted octanol–water partition coefficient (Wildman–Crippen LogP) is 10.8. The molecule has 0 aliphatic carbocycles. The molecule has 12 heteroatoms. The summed E-state index contributed by atoms with van der Waals surface area (Å²) in [6, 6.07) is 22.4. The van der Waals surface area contributed by atoms with E-state index in [4.69, 9.17) is 28.2 Å². The Bertz CT molecular complexity index is 2270. The smallest absolute Gasteiger partial charge is 0.325 e. The van der Waals surface area contributed by atoms with E-state index in [1.54, 1.807) is 23.5 Å². The van der Waals surface area contributed by atoms with Crippen molar-refractivity contribution in [2.75, 3.05) is 41.7 Å². The zero-order chi connectivity index (χ0) is 34.8. The number of phenolic OH excluding ortho intramolecular Hbond substituents is 1. The highest BCUT2D eigenvalue weighted by molar-refractivity contribution is 7.22. The first-order chi connectivity index (χ1) is 23.9. The molecule has 4 aromatic carbocycles. The molecule has 0 unspecified atom stereocenters. The van der Waals surface area contributed by atoms with E-state index in [0.717, 1.165) is 80.4 Å². The Morgan fingerprint density at radius 2 is 1.66 bits per heavy atom. The molecule has 0 bridgehead atoms. The highest BCUT2D eigenvalue weighted by atomic mass is 35.5. The number of carbonyl (C=O) groups excluding carboxylic acids is 1. The van der Waals surface area contributed by atoms with E-state index in [2.05, 4.69) is 46.2 Å². The summed E-state index contributed by atoms with van der Waals surface area (Å²) in [6.45, 7) is 10.4. The summed E-state index contributed by atoms with van der Waals surface area (Å²) in [5, 5.41) is 20.3. The first-order valence-electron chi connectivity index (χ1n) is 16.6. The molecule has 4 heterocycles. The molecule has 50 heavy (non-hydrogen) atoms. The summed E-state index contributed by atoms with van der Waals surface area (Å²) >= 11 is 15.5. The molecule has 0 atom stereocenters. The second-order valence-corrected chi connectivity index (χ2v) is 17.4. The third-order valence-electron chi connectivity index (χ3n) is 9.52. The number of hydrogen-bond donors (Lipinski definition) is 3. The van der Waals surface area contributed by atoms with Gasteiger partial charge in [0.1, 0.15) is 10.8 Å². The van der Waals surface area contributed by atoms with Crippen LogP contribution in [0, 0.1) is 5.41 Å². The van der Waals surface area contributed by atoms with Gasteiger partial charge >= 0.3 is 6.03 Å². The first-order valence-corrected chi connectivity index (χ1v) is 19.0. The number of urea groups is 1. The van der Waals surface area contributed by atoms with Crippen molar-refractivity contribution in [3.63, 3.8) is 0 Å². The minimum atomic E-state index is -0.404. The van der Waals surface area contributed by atoms with Crippen molar-refractivity contribution in [1.29, 1.82) is 0 Å². The maximum Gasteiger partial charge on any atom is 0.325 e. The Kier molecular flexibility index (Phi) is 8.43. The molecular formula is C38H36Cl2N6O2S2. The van der Waals surface area contributed by atoms with E-state index < -0.39 is 6.03 Å². The lowest BCUT2D eigenvalue weighted by Gasteiger charge is -2.42. The normalized spacial score (nSPS) is 16.0. The number of para-hydroxylation sites is 2. The maximum atomic E-state index is 13.4. The molecule has 1 spiro atoms. The molecule has 0 saturated carbocycles. The number of hydrogen-bond acceptors (Lipinski definition) is 8. The van der Waals surface area contributed by atoms with Gasteiger partial charge < -0.3 is 20.2 Å². The number of likely N-dealkylation sites (tertiary alicyclic amines) is 1. The largest absolute Gasteiger partial charge is 0.506 e. The molecule has 2 amide bonds. The Hall–Kier alpha value is -3.93. The molecule has 2 aliphatic rings. The van der Waals surface area contributed by atoms with Gasteiger partial charge in [-0.25, -0.2) is 14.8 Å². The maximum absolute atomic E-state index is 13.4. The fourth-order valence-corrected chi connectivity index (χ4v) is 9.77. The van der Waals surface area contributed by atoms with Crippen LogP contribution in [0.3, 0.4) is 0 Å². The van der Waals surface area contributed by atoms with Gasteiger partial charge in [0.25, 0.3) is 0 Å². The monoisotopic (exact) mass is 742 g/mol. The number of carbonyl (C=O) groups is 1.